The molecule has 0 aliphatic carbocycles. The van der Waals surface area contributed by atoms with Crippen molar-refractivity contribution in [3.8, 4) is 0 Å². The molecular formula is C21H23N3O3. The van der Waals surface area contributed by atoms with Crippen molar-refractivity contribution in [1.29, 1.82) is 0 Å². The maximum atomic E-state index is 12.2. The van der Waals surface area contributed by atoms with Crippen LogP contribution in [0, 0.1) is 6.92 Å². The number of aryl methyl sites for hydroxylation is 2. The molecule has 27 heavy (non-hydrogen) atoms. The maximum Gasteiger partial charge on any atom is 0.325 e. The van der Waals surface area contributed by atoms with Gasteiger partial charge >= 0.3 is 5.97 Å². The lowest BCUT2D eigenvalue weighted by Gasteiger charge is -2.16. The molecule has 1 heterocycles. The number of amides is 1. The first-order valence-corrected chi connectivity index (χ1v) is 8.94. The standard InChI is InChI=1S/C21H23N3O3/c1-16-22-18-11-6-7-12-19(18)24(16)13-8-14-27-20(25)15-23(2)21(26)17-9-4-3-5-10-17/h3-7,9-12H,8,13-15H2,1-2H3. The zero-order valence-electron chi connectivity index (χ0n) is 15.6. The molecule has 0 radical (unpaired) electrons. The molecule has 6 nitrogen and oxygen atoms in total. The average Bonchev–Trinajstić information content (AvgIpc) is 3.00. The van der Waals surface area contributed by atoms with Crippen LogP contribution < -0.4 is 0 Å². The van der Waals surface area contributed by atoms with E-state index < -0.39 is 5.97 Å². The van der Waals surface area contributed by atoms with E-state index in [4.69, 9.17) is 4.74 Å². The second kappa shape index (κ2) is 8.49. The van der Waals surface area contributed by atoms with Gasteiger partial charge in [-0.3, -0.25) is 9.59 Å². The summed E-state index contributed by atoms with van der Waals surface area (Å²) in [6, 6.07) is 16.8. The summed E-state index contributed by atoms with van der Waals surface area (Å²) < 4.78 is 7.40. The number of fused-ring (bicyclic) bond motifs is 1. The molecule has 0 aliphatic heterocycles. The third-order valence-electron chi connectivity index (χ3n) is 4.37. The molecule has 0 spiro atoms. The Hall–Kier alpha value is -3.15. The Kier molecular flexibility index (Phi) is 5.86. The highest BCUT2D eigenvalue weighted by Crippen LogP contribution is 2.15. The molecule has 0 fully saturated rings. The van der Waals surface area contributed by atoms with Crippen LogP contribution in [0.25, 0.3) is 11.0 Å². The molecule has 0 N–H and O–H groups in total. The van der Waals surface area contributed by atoms with Crippen LogP contribution in [0.3, 0.4) is 0 Å². The second-order valence-electron chi connectivity index (χ2n) is 6.40. The van der Waals surface area contributed by atoms with E-state index in [0.717, 1.165) is 23.4 Å². The number of aromatic nitrogens is 2. The number of hydrogen-bond acceptors (Lipinski definition) is 4. The van der Waals surface area contributed by atoms with Crippen LogP contribution in [0.4, 0.5) is 0 Å². The molecule has 3 aromatic rings. The molecule has 0 atom stereocenters. The fraction of sp³-hybridized carbons (Fsp3) is 0.286. The number of imidazole rings is 1. The lowest BCUT2D eigenvalue weighted by Crippen LogP contribution is -2.33. The molecule has 1 amide bonds. The number of rotatable bonds is 7. The van der Waals surface area contributed by atoms with Gasteiger partial charge in [-0.15, -0.1) is 0 Å². The van der Waals surface area contributed by atoms with Crippen LogP contribution in [-0.4, -0.2) is 46.5 Å². The van der Waals surface area contributed by atoms with Crippen LogP contribution >= 0.6 is 0 Å². The van der Waals surface area contributed by atoms with Crippen molar-refractivity contribution >= 4 is 22.9 Å². The fourth-order valence-corrected chi connectivity index (χ4v) is 3.00. The minimum atomic E-state index is -0.408. The number of benzene rings is 2. The topological polar surface area (TPSA) is 64.4 Å². The van der Waals surface area contributed by atoms with Crippen molar-refractivity contribution in [2.24, 2.45) is 0 Å². The minimum absolute atomic E-state index is 0.0687. The fourth-order valence-electron chi connectivity index (χ4n) is 3.00. The molecule has 140 valence electrons. The van der Waals surface area contributed by atoms with Gasteiger partial charge in [0.15, 0.2) is 0 Å². The Labute approximate surface area is 158 Å². The molecule has 2 aromatic carbocycles. The van der Waals surface area contributed by atoms with Gasteiger partial charge in [0.1, 0.15) is 12.4 Å². The predicted molar refractivity (Wildman–Crippen MR) is 103 cm³/mol. The van der Waals surface area contributed by atoms with E-state index in [1.165, 1.54) is 4.90 Å². The van der Waals surface area contributed by atoms with Gasteiger partial charge in [0, 0.05) is 19.2 Å². The largest absolute Gasteiger partial charge is 0.464 e. The number of esters is 1. The van der Waals surface area contributed by atoms with E-state index in [2.05, 4.69) is 9.55 Å². The molecule has 1 aromatic heterocycles. The summed E-state index contributed by atoms with van der Waals surface area (Å²) in [5.74, 6) is 0.331. The van der Waals surface area contributed by atoms with Crippen LogP contribution in [0.15, 0.2) is 54.6 Å². The number of ether oxygens (including phenoxy) is 1. The first kappa shape index (κ1) is 18.6. The third kappa shape index (κ3) is 4.53. The minimum Gasteiger partial charge on any atom is -0.464 e. The average molecular weight is 365 g/mol. The smallest absolute Gasteiger partial charge is 0.325 e. The van der Waals surface area contributed by atoms with Crippen molar-refractivity contribution in [3.05, 3.63) is 66.0 Å². The van der Waals surface area contributed by atoms with Gasteiger partial charge in [-0.2, -0.15) is 0 Å². The monoisotopic (exact) mass is 365 g/mol. The molecule has 0 aliphatic rings. The summed E-state index contributed by atoms with van der Waals surface area (Å²) in [5.41, 5.74) is 2.60. The zero-order chi connectivity index (χ0) is 19.2. The molecule has 0 saturated carbocycles. The van der Waals surface area contributed by atoms with Gasteiger partial charge in [0.2, 0.25) is 0 Å². The summed E-state index contributed by atoms with van der Waals surface area (Å²) in [5, 5.41) is 0. The van der Waals surface area contributed by atoms with Crippen molar-refractivity contribution in [3.63, 3.8) is 0 Å². The lowest BCUT2D eigenvalue weighted by molar-refractivity contribution is -0.144. The van der Waals surface area contributed by atoms with Gasteiger partial charge in [0.05, 0.1) is 17.6 Å². The molecule has 0 bridgehead atoms. The van der Waals surface area contributed by atoms with E-state index >= 15 is 0 Å². The number of likely N-dealkylation sites (N-methyl/N-ethyl adjacent to an activating group) is 1. The van der Waals surface area contributed by atoms with E-state index in [1.54, 1.807) is 31.3 Å². The highest BCUT2D eigenvalue weighted by molar-refractivity contribution is 5.95. The Morgan fingerprint density at radius 3 is 2.56 bits per heavy atom. The quantitative estimate of drug-likeness (QED) is 0.477. The Morgan fingerprint density at radius 1 is 1.07 bits per heavy atom. The van der Waals surface area contributed by atoms with Crippen molar-refractivity contribution < 1.29 is 14.3 Å². The SMILES string of the molecule is Cc1nc2ccccc2n1CCCOC(=O)CN(C)C(=O)c1ccccc1. The summed E-state index contributed by atoms with van der Waals surface area (Å²) in [6.45, 7) is 2.92. The van der Waals surface area contributed by atoms with Gasteiger partial charge in [-0.1, -0.05) is 30.3 Å². The summed E-state index contributed by atoms with van der Waals surface area (Å²) in [7, 11) is 1.59. The van der Waals surface area contributed by atoms with Gasteiger partial charge in [-0.05, 0) is 37.6 Å². The van der Waals surface area contributed by atoms with Gasteiger partial charge in [0.25, 0.3) is 5.91 Å². The first-order chi connectivity index (χ1) is 13.1. The van der Waals surface area contributed by atoms with Crippen molar-refractivity contribution in [2.45, 2.75) is 19.9 Å². The number of carbonyl (C=O) groups is 2. The predicted octanol–water partition coefficient (Wildman–Crippen LogP) is 3.05. The van der Waals surface area contributed by atoms with E-state index in [-0.39, 0.29) is 12.5 Å². The highest BCUT2D eigenvalue weighted by atomic mass is 16.5. The van der Waals surface area contributed by atoms with Gasteiger partial charge < -0.3 is 14.2 Å². The van der Waals surface area contributed by atoms with Crippen molar-refractivity contribution in [1.82, 2.24) is 14.5 Å². The van der Waals surface area contributed by atoms with E-state index in [0.29, 0.717) is 18.6 Å². The molecule has 0 saturated heterocycles. The molecule has 3 rings (SSSR count). The van der Waals surface area contributed by atoms with Crippen LogP contribution in [0.1, 0.15) is 22.6 Å². The summed E-state index contributed by atoms with van der Waals surface area (Å²) in [4.78, 5) is 30.1. The van der Waals surface area contributed by atoms with E-state index in [9.17, 15) is 9.59 Å². The summed E-state index contributed by atoms with van der Waals surface area (Å²) >= 11 is 0. The summed E-state index contributed by atoms with van der Waals surface area (Å²) in [6.07, 6.45) is 0.684. The van der Waals surface area contributed by atoms with Gasteiger partial charge in [-0.25, -0.2) is 4.98 Å². The van der Waals surface area contributed by atoms with Crippen LogP contribution in [-0.2, 0) is 16.1 Å². The Balaban J connectivity index is 1.45. The molecular weight excluding hydrogens is 342 g/mol. The Morgan fingerprint density at radius 2 is 1.78 bits per heavy atom. The maximum absolute atomic E-state index is 12.2. The zero-order valence-corrected chi connectivity index (χ0v) is 15.6. The number of hydrogen-bond donors (Lipinski definition) is 0. The number of para-hydroxylation sites is 2. The van der Waals surface area contributed by atoms with Crippen molar-refractivity contribution in [2.75, 3.05) is 20.2 Å². The number of carbonyl (C=O) groups excluding carboxylic acids is 2. The van der Waals surface area contributed by atoms with Crippen LogP contribution in [0.2, 0.25) is 0 Å². The third-order valence-corrected chi connectivity index (χ3v) is 4.37. The number of nitrogens with zero attached hydrogens (tertiary/aromatic N) is 3. The molecule has 0 unspecified atom stereocenters. The normalized spacial score (nSPS) is 10.7. The second-order valence-corrected chi connectivity index (χ2v) is 6.40. The first-order valence-electron chi connectivity index (χ1n) is 8.94. The lowest BCUT2D eigenvalue weighted by atomic mass is 10.2. The Bertz CT molecular complexity index is 934. The van der Waals surface area contributed by atoms with E-state index in [1.807, 2.05) is 37.3 Å². The van der Waals surface area contributed by atoms with Crippen LogP contribution in [0.5, 0.6) is 0 Å². The molecule has 6 heteroatoms. The highest BCUT2D eigenvalue weighted by Gasteiger charge is 2.15.